The van der Waals surface area contributed by atoms with Gasteiger partial charge in [0.2, 0.25) is 0 Å². The van der Waals surface area contributed by atoms with Gasteiger partial charge in [0.05, 0.1) is 0 Å². The molecule has 0 amide bonds. The van der Waals surface area contributed by atoms with Crippen molar-refractivity contribution in [2.24, 2.45) is 5.92 Å². The number of nitrogens with zero attached hydrogens (tertiary/aromatic N) is 1. The summed E-state index contributed by atoms with van der Waals surface area (Å²) in [6, 6.07) is 4.38. The molecule has 94 valence electrons. The average Bonchev–Trinajstić information content (AvgIpc) is 2.35. The smallest absolute Gasteiger partial charge is 0.152 e. The predicted molar refractivity (Wildman–Crippen MR) is 69.1 cm³/mol. The third-order valence-electron chi connectivity index (χ3n) is 3.07. The molecule has 0 aliphatic heterocycles. The van der Waals surface area contributed by atoms with Gasteiger partial charge in [0, 0.05) is 24.3 Å². The minimum Gasteiger partial charge on any atom is -0.371 e. The molecule has 0 aliphatic rings. The van der Waals surface area contributed by atoms with Gasteiger partial charge in [0.25, 0.3) is 0 Å². The maximum absolute atomic E-state index is 13.1. The summed E-state index contributed by atoms with van der Waals surface area (Å²) >= 11 is 0. The monoisotopic (exact) mass is 237 g/mol. The first kappa shape index (κ1) is 13.7. The third kappa shape index (κ3) is 3.55. The van der Waals surface area contributed by atoms with Crippen molar-refractivity contribution in [3.8, 4) is 0 Å². The van der Waals surface area contributed by atoms with Gasteiger partial charge >= 0.3 is 0 Å². The number of aldehydes is 1. The standard InChI is InChI=1S/C14H20FNO/c1-4-11(3)9-16(5-2)14-7-6-13(15)8-12(14)10-17/h6-8,10-11H,4-5,9H2,1-3H3. The molecule has 1 aromatic carbocycles. The van der Waals surface area contributed by atoms with Crippen molar-refractivity contribution >= 4 is 12.0 Å². The molecule has 3 heteroatoms. The first-order valence-corrected chi connectivity index (χ1v) is 6.12. The van der Waals surface area contributed by atoms with Crippen LogP contribution >= 0.6 is 0 Å². The molecule has 1 unspecified atom stereocenters. The molecule has 0 fully saturated rings. The number of hydrogen-bond acceptors (Lipinski definition) is 2. The maximum Gasteiger partial charge on any atom is 0.152 e. The Morgan fingerprint density at radius 1 is 1.41 bits per heavy atom. The van der Waals surface area contributed by atoms with Crippen LogP contribution < -0.4 is 4.90 Å². The predicted octanol–water partition coefficient (Wildman–Crippen LogP) is 3.51. The van der Waals surface area contributed by atoms with Gasteiger partial charge in [-0.1, -0.05) is 20.3 Å². The van der Waals surface area contributed by atoms with E-state index in [0.717, 1.165) is 31.5 Å². The summed E-state index contributed by atoms with van der Waals surface area (Å²) in [7, 11) is 0. The molecule has 0 spiro atoms. The highest BCUT2D eigenvalue weighted by Gasteiger charge is 2.12. The Balaban J connectivity index is 2.98. The zero-order valence-electron chi connectivity index (χ0n) is 10.7. The van der Waals surface area contributed by atoms with Gasteiger partial charge in [-0.15, -0.1) is 0 Å². The van der Waals surface area contributed by atoms with Crippen LogP contribution in [0.25, 0.3) is 0 Å². The highest BCUT2D eigenvalue weighted by atomic mass is 19.1. The second kappa shape index (κ2) is 6.38. The van der Waals surface area contributed by atoms with Crippen molar-refractivity contribution in [3.05, 3.63) is 29.6 Å². The van der Waals surface area contributed by atoms with E-state index in [-0.39, 0.29) is 5.82 Å². The van der Waals surface area contributed by atoms with Crippen molar-refractivity contribution in [1.29, 1.82) is 0 Å². The van der Waals surface area contributed by atoms with Crippen LogP contribution in [0.1, 0.15) is 37.6 Å². The molecule has 0 aromatic heterocycles. The SMILES string of the molecule is CCC(C)CN(CC)c1ccc(F)cc1C=O. The molecule has 0 radical (unpaired) electrons. The lowest BCUT2D eigenvalue weighted by atomic mass is 10.1. The summed E-state index contributed by atoms with van der Waals surface area (Å²) < 4.78 is 13.1. The van der Waals surface area contributed by atoms with Gasteiger partial charge in [-0.2, -0.15) is 0 Å². The number of hydrogen-bond donors (Lipinski definition) is 0. The molecule has 1 rings (SSSR count). The number of anilines is 1. The van der Waals surface area contributed by atoms with Crippen LogP contribution in [0, 0.1) is 11.7 Å². The summed E-state index contributed by atoms with van der Waals surface area (Å²) in [4.78, 5) is 13.1. The van der Waals surface area contributed by atoms with Crippen molar-refractivity contribution in [2.75, 3.05) is 18.0 Å². The molecular weight excluding hydrogens is 217 g/mol. The van der Waals surface area contributed by atoms with E-state index in [9.17, 15) is 9.18 Å². The number of carbonyl (C=O) groups excluding carboxylic acids is 1. The molecule has 0 heterocycles. The highest BCUT2D eigenvalue weighted by Crippen LogP contribution is 2.21. The quantitative estimate of drug-likeness (QED) is 0.706. The molecule has 0 aliphatic carbocycles. The number of carbonyl (C=O) groups is 1. The lowest BCUT2D eigenvalue weighted by molar-refractivity contribution is 0.112. The zero-order valence-corrected chi connectivity index (χ0v) is 10.7. The lowest BCUT2D eigenvalue weighted by Crippen LogP contribution is -2.29. The Kier molecular flexibility index (Phi) is 5.13. The first-order valence-electron chi connectivity index (χ1n) is 6.12. The number of rotatable bonds is 6. The second-order valence-electron chi connectivity index (χ2n) is 4.37. The second-order valence-corrected chi connectivity index (χ2v) is 4.37. The normalized spacial score (nSPS) is 12.2. The van der Waals surface area contributed by atoms with Crippen molar-refractivity contribution < 1.29 is 9.18 Å². The lowest BCUT2D eigenvalue weighted by Gasteiger charge is -2.27. The summed E-state index contributed by atoms with van der Waals surface area (Å²) in [6.07, 6.45) is 1.81. The van der Waals surface area contributed by atoms with E-state index in [4.69, 9.17) is 0 Å². The van der Waals surface area contributed by atoms with Gasteiger partial charge in [0.1, 0.15) is 5.82 Å². The first-order chi connectivity index (χ1) is 8.12. The van der Waals surface area contributed by atoms with E-state index < -0.39 is 0 Å². The van der Waals surface area contributed by atoms with E-state index in [1.165, 1.54) is 12.1 Å². The van der Waals surface area contributed by atoms with Gasteiger partial charge < -0.3 is 4.90 Å². The Morgan fingerprint density at radius 2 is 2.12 bits per heavy atom. The molecule has 1 aromatic rings. The Hall–Kier alpha value is -1.38. The van der Waals surface area contributed by atoms with Crippen molar-refractivity contribution in [1.82, 2.24) is 0 Å². The Morgan fingerprint density at radius 3 is 2.65 bits per heavy atom. The van der Waals surface area contributed by atoms with Crippen LogP contribution in [0.3, 0.4) is 0 Å². The fraction of sp³-hybridized carbons (Fsp3) is 0.500. The van der Waals surface area contributed by atoms with E-state index in [2.05, 4.69) is 18.7 Å². The molecule has 0 saturated carbocycles. The number of halogens is 1. The fourth-order valence-electron chi connectivity index (χ4n) is 1.81. The van der Waals surface area contributed by atoms with Crippen LogP contribution in [-0.2, 0) is 0 Å². The van der Waals surface area contributed by atoms with E-state index in [0.29, 0.717) is 11.5 Å². The van der Waals surface area contributed by atoms with Crippen LogP contribution in [-0.4, -0.2) is 19.4 Å². The van der Waals surface area contributed by atoms with E-state index >= 15 is 0 Å². The van der Waals surface area contributed by atoms with Crippen molar-refractivity contribution in [2.45, 2.75) is 27.2 Å². The average molecular weight is 237 g/mol. The van der Waals surface area contributed by atoms with E-state index in [1.54, 1.807) is 6.07 Å². The third-order valence-corrected chi connectivity index (χ3v) is 3.07. The summed E-state index contributed by atoms with van der Waals surface area (Å²) in [6.45, 7) is 8.06. The molecule has 2 nitrogen and oxygen atoms in total. The van der Waals surface area contributed by atoms with Gasteiger partial charge in [-0.05, 0) is 31.0 Å². The Bertz CT molecular complexity index is 378. The van der Waals surface area contributed by atoms with Crippen LogP contribution in [0.4, 0.5) is 10.1 Å². The zero-order chi connectivity index (χ0) is 12.8. The van der Waals surface area contributed by atoms with Crippen molar-refractivity contribution in [3.63, 3.8) is 0 Å². The fourth-order valence-corrected chi connectivity index (χ4v) is 1.81. The summed E-state index contributed by atoms with van der Waals surface area (Å²) in [5, 5.41) is 0. The highest BCUT2D eigenvalue weighted by molar-refractivity contribution is 5.84. The molecule has 0 bridgehead atoms. The van der Waals surface area contributed by atoms with Gasteiger partial charge in [-0.25, -0.2) is 4.39 Å². The molecular formula is C14H20FNO. The largest absolute Gasteiger partial charge is 0.371 e. The van der Waals surface area contributed by atoms with Crippen LogP contribution in [0.2, 0.25) is 0 Å². The van der Waals surface area contributed by atoms with Crippen LogP contribution in [0.5, 0.6) is 0 Å². The van der Waals surface area contributed by atoms with Gasteiger partial charge in [0.15, 0.2) is 6.29 Å². The summed E-state index contributed by atoms with van der Waals surface area (Å²) in [5.74, 6) is 0.190. The minimum atomic E-state index is -0.365. The maximum atomic E-state index is 13.1. The molecule has 1 atom stereocenters. The molecule has 0 saturated heterocycles. The minimum absolute atomic E-state index is 0.365. The van der Waals surface area contributed by atoms with E-state index in [1.807, 2.05) is 6.92 Å². The molecule has 17 heavy (non-hydrogen) atoms. The molecule has 0 N–H and O–H groups in total. The van der Waals surface area contributed by atoms with Gasteiger partial charge in [-0.3, -0.25) is 4.79 Å². The van der Waals surface area contributed by atoms with Crippen LogP contribution in [0.15, 0.2) is 18.2 Å². The number of benzene rings is 1. The Labute approximate surface area is 102 Å². The topological polar surface area (TPSA) is 20.3 Å². The summed E-state index contributed by atoms with van der Waals surface area (Å²) in [5.41, 5.74) is 1.25.